The van der Waals surface area contributed by atoms with E-state index in [0.29, 0.717) is 19.3 Å². The van der Waals surface area contributed by atoms with Crippen molar-refractivity contribution in [2.75, 3.05) is 13.2 Å². The Bertz CT molecular complexity index is 896. The lowest BCUT2D eigenvalue weighted by Gasteiger charge is -2.18. The summed E-state index contributed by atoms with van der Waals surface area (Å²) in [5, 5.41) is 0. The normalized spacial score (nSPS) is 12.1. The van der Waals surface area contributed by atoms with Crippen LogP contribution in [0.5, 0.6) is 0 Å². The Morgan fingerprint density at radius 2 is 0.655 bits per heavy atom. The molecule has 1 atom stereocenters. The molecule has 0 fully saturated rings. The Morgan fingerprint density at radius 1 is 0.364 bits per heavy atom. The van der Waals surface area contributed by atoms with Crippen molar-refractivity contribution in [3.63, 3.8) is 0 Å². The summed E-state index contributed by atoms with van der Waals surface area (Å²) in [4.78, 5) is 37.5. The average molecular weight is 775 g/mol. The van der Waals surface area contributed by atoms with Crippen molar-refractivity contribution in [2.24, 2.45) is 0 Å². The van der Waals surface area contributed by atoms with Gasteiger partial charge in [0.25, 0.3) is 0 Å². The number of hydrogen-bond donors (Lipinski definition) is 0. The number of esters is 3. The first kappa shape index (κ1) is 52.9. The highest BCUT2D eigenvalue weighted by molar-refractivity contribution is 5.71. The third-order valence-electron chi connectivity index (χ3n) is 10.5. The first-order valence-electron chi connectivity index (χ1n) is 23.8. The monoisotopic (exact) mass is 775 g/mol. The predicted octanol–water partition coefficient (Wildman–Crippen LogP) is 15.2. The van der Waals surface area contributed by atoms with E-state index in [9.17, 15) is 14.4 Å². The van der Waals surface area contributed by atoms with Crippen LogP contribution in [0.1, 0.15) is 252 Å². The first-order chi connectivity index (χ1) is 27.0. The maximum atomic E-state index is 12.7. The minimum atomic E-state index is -0.763. The molecule has 0 heterocycles. The Balaban J connectivity index is 4.15. The molecule has 55 heavy (non-hydrogen) atoms. The van der Waals surface area contributed by atoms with E-state index in [0.717, 1.165) is 70.6 Å². The van der Waals surface area contributed by atoms with E-state index in [1.807, 2.05) is 0 Å². The van der Waals surface area contributed by atoms with E-state index < -0.39 is 6.10 Å². The summed E-state index contributed by atoms with van der Waals surface area (Å²) in [6, 6.07) is 0. The number of allylic oxidation sites excluding steroid dienone is 4. The largest absolute Gasteiger partial charge is 0.462 e. The zero-order valence-electron chi connectivity index (χ0n) is 36.7. The Labute approximate surface area is 341 Å². The van der Waals surface area contributed by atoms with E-state index in [1.165, 1.54) is 141 Å². The zero-order valence-corrected chi connectivity index (χ0v) is 36.7. The number of hydrogen-bond acceptors (Lipinski definition) is 6. The van der Waals surface area contributed by atoms with Crippen molar-refractivity contribution in [1.82, 2.24) is 0 Å². The summed E-state index contributed by atoms with van der Waals surface area (Å²) in [5.41, 5.74) is 0. The summed E-state index contributed by atoms with van der Waals surface area (Å²) >= 11 is 0. The molecule has 0 aromatic heterocycles. The van der Waals surface area contributed by atoms with Crippen molar-refractivity contribution in [3.8, 4) is 0 Å². The lowest BCUT2D eigenvalue weighted by Crippen LogP contribution is -2.30. The molecule has 6 heteroatoms. The van der Waals surface area contributed by atoms with Gasteiger partial charge in [0.2, 0.25) is 0 Å². The fourth-order valence-electron chi connectivity index (χ4n) is 6.82. The first-order valence-corrected chi connectivity index (χ1v) is 23.8. The van der Waals surface area contributed by atoms with E-state index in [4.69, 9.17) is 14.2 Å². The molecule has 0 radical (unpaired) electrons. The molecule has 0 saturated heterocycles. The van der Waals surface area contributed by atoms with Gasteiger partial charge in [0.1, 0.15) is 13.2 Å². The molecular formula is C49H90O6. The van der Waals surface area contributed by atoms with Crippen LogP contribution in [0.15, 0.2) is 24.3 Å². The minimum Gasteiger partial charge on any atom is -0.462 e. The lowest BCUT2D eigenvalue weighted by atomic mass is 10.0. The van der Waals surface area contributed by atoms with Crippen LogP contribution in [0.3, 0.4) is 0 Å². The molecule has 0 spiro atoms. The van der Waals surface area contributed by atoms with E-state index in [-0.39, 0.29) is 31.1 Å². The van der Waals surface area contributed by atoms with Crippen molar-refractivity contribution >= 4 is 17.9 Å². The molecule has 1 unspecified atom stereocenters. The fourth-order valence-corrected chi connectivity index (χ4v) is 6.82. The Hall–Kier alpha value is -2.11. The van der Waals surface area contributed by atoms with Crippen molar-refractivity contribution in [3.05, 3.63) is 24.3 Å². The van der Waals surface area contributed by atoms with Crippen LogP contribution in [0, 0.1) is 0 Å². The summed E-state index contributed by atoms with van der Waals surface area (Å²) in [5.74, 6) is -0.880. The molecule has 322 valence electrons. The molecular weight excluding hydrogens is 685 g/mol. The van der Waals surface area contributed by atoms with Gasteiger partial charge in [-0.2, -0.15) is 0 Å². The van der Waals surface area contributed by atoms with Gasteiger partial charge in [-0.3, -0.25) is 14.4 Å². The van der Waals surface area contributed by atoms with E-state index in [1.54, 1.807) is 0 Å². The van der Waals surface area contributed by atoms with Crippen LogP contribution in [0.2, 0.25) is 0 Å². The van der Waals surface area contributed by atoms with Gasteiger partial charge in [-0.1, -0.05) is 206 Å². The van der Waals surface area contributed by atoms with Crippen molar-refractivity contribution < 1.29 is 28.6 Å². The van der Waals surface area contributed by atoms with Gasteiger partial charge >= 0.3 is 17.9 Å². The number of carbonyl (C=O) groups is 3. The van der Waals surface area contributed by atoms with Gasteiger partial charge in [0.05, 0.1) is 0 Å². The van der Waals surface area contributed by atoms with E-state index in [2.05, 4.69) is 45.1 Å². The van der Waals surface area contributed by atoms with Crippen molar-refractivity contribution in [1.29, 1.82) is 0 Å². The van der Waals surface area contributed by atoms with Crippen LogP contribution >= 0.6 is 0 Å². The van der Waals surface area contributed by atoms with Crippen molar-refractivity contribution in [2.45, 2.75) is 258 Å². The third kappa shape index (κ3) is 42.9. The second kappa shape index (κ2) is 44.6. The van der Waals surface area contributed by atoms with Crippen LogP contribution in [0.4, 0.5) is 0 Å². The molecule has 0 rings (SSSR count). The summed E-state index contributed by atoms with van der Waals surface area (Å²) < 4.78 is 16.6. The van der Waals surface area contributed by atoms with Crippen LogP contribution in [0.25, 0.3) is 0 Å². The smallest absolute Gasteiger partial charge is 0.306 e. The minimum absolute atomic E-state index is 0.0705. The topological polar surface area (TPSA) is 78.9 Å². The predicted molar refractivity (Wildman–Crippen MR) is 233 cm³/mol. The van der Waals surface area contributed by atoms with Crippen LogP contribution < -0.4 is 0 Å². The number of ether oxygens (including phenoxy) is 3. The maximum Gasteiger partial charge on any atom is 0.306 e. The highest BCUT2D eigenvalue weighted by atomic mass is 16.6. The van der Waals surface area contributed by atoms with Gasteiger partial charge in [-0.05, 0) is 51.4 Å². The Morgan fingerprint density at radius 3 is 1.04 bits per heavy atom. The van der Waals surface area contributed by atoms with Gasteiger partial charge in [-0.25, -0.2) is 0 Å². The molecule has 6 nitrogen and oxygen atoms in total. The second-order valence-corrected chi connectivity index (χ2v) is 16.0. The molecule has 0 aliphatic rings. The molecule has 0 aromatic rings. The fraction of sp³-hybridized carbons (Fsp3) is 0.857. The number of unbranched alkanes of at least 4 members (excludes halogenated alkanes) is 28. The summed E-state index contributed by atoms with van der Waals surface area (Å²) in [6.07, 6.45) is 49.0. The van der Waals surface area contributed by atoms with E-state index >= 15 is 0 Å². The van der Waals surface area contributed by atoms with Crippen LogP contribution in [-0.4, -0.2) is 37.2 Å². The average Bonchev–Trinajstić information content (AvgIpc) is 3.18. The number of rotatable bonds is 43. The molecule has 0 aliphatic heterocycles. The van der Waals surface area contributed by atoms with Gasteiger partial charge in [0, 0.05) is 19.3 Å². The molecule has 0 bridgehead atoms. The molecule has 0 amide bonds. The molecule has 0 N–H and O–H groups in total. The van der Waals surface area contributed by atoms with Gasteiger partial charge in [0.15, 0.2) is 6.10 Å². The molecule has 0 aliphatic carbocycles. The lowest BCUT2D eigenvalue weighted by molar-refractivity contribution is -0.167. The summed E-state index contributed by atoms with van der Waals surface area (Å²) in [7, 11) is 0. The standard InChI is InChI=1S/C49H90O6/c1-4-7-10-13-15-17-19-21-22-23-24-25-26-28-29-31-33-36-39-42-48(51)54-45-46(44-53-47(50)41-38-35-12-9-6-3)55-49(52)43-40-37-34-32-30-27-20-18-16-14-11-8-5-2/h15,17,21-22,46H,4-14,16,18-20,23-45H2,1-3H3/b17-15-,22-21-. The van der Waals surface area contributed by atoms with Gasteiger partial charge < -0.3 is 14.2 Å². The summed E-state index contributed by atoms with van der Waals surface area (Å²) in [6.45, 7) is 6.54. The maximum absolute atomic E-state index is 12.7. The number of carbonyl (C=O) groups excluding carboxylic acids is 3. The van der Waals surface area contributed by atoms with Crippen LogP contribution in [-0.2, 0) is 28.6 Å². The third-order valence-corrected chi connectivity index (χ3v) is 10.5. The highest BCUT2D eigenvalue weighted by Gasteiger charge is 2.19. The molecule has 0 aromatic carbocycles. The second-order valence-electron chi connectivity index (χ2n) is 16.0. The molecule has 0 saturated carbocycles. The zero-order chi connectivity index (χ0) is 40.1. The van der Waals surface area contributed by atoms with Gasteiger partial charge in [-0.15, -0.1) is 0 Å². The highest BCUT2D eigenvalue weighted by Crippen LogP contribution is 2.15. The SMILES string of the molecule is CCCCC/C=C\C/C=C\CCCCCCCCCCCC(=O)OCC(COC(=O)CCCCCCC)OC(=O)CCCCCCCCCCCCCCC. The quantitative estimate of drug-likeness (QED) is 0.0266. The Kier molecular flexibility index (Phi) is 42.9.